The van der Waals surface area contributed by atoms with Gasteiger partial charge in [0, 0.05) is 5.39 Å². The van der Waals surface area contributed by atoms with Gasteiger partial charge in [-0.25, -0.2) is 0 Å². The van der Waals surface area contributed by atoms with E-state index in [0.717, 1.165) is 28.2 Å². The number of rotatable bonds is 4. The lowest BCUT2D eigenvalue weighted by molar-refractivity contribution is -0.104. The van der Waals surface area contributed by atoms with Gasteiger partial charge in [0.15, 0.2) is 11.5 Å². The van der Waals surface area contributed by atoms with Crippen molar-refractivity contribution in [1.29, 1.82) is 0 Å². The van der Waals surface area contributed by atoms with Crippen molar-refractivity contribution < 1.29 is 14.6 Å². The third kappa shape index (κ3) is 2.60. The van der Waals surface area contributed by atoms with E-state index in [1.54, 1.807) is 6.08 Å². The quantitative estimate of drug-likeness (QED) is 0.674. The number of ether oxygens (including phenoxy) is 1. The summed E-state index contributed by atoms with van der Waals surface area (Å²) in [5, 5.41) is 11.8. The highest BCUT2D eigenvalue weighted by Gasteiger charge is 2.11. The molecule has 0 aliphatic rings. The molecule has 98 valence electrons. The number of methoxy groups -OCH3 is 1. The number of aldehydes is 1. The van der Waals surface area contributed by atoms with Crippen LogP contribution in [0.25, 0.3) is 10.8 Å². The van der Waals surface area contributed by atoms with Gasteiger partial charge in [0.05, 0.1) is 7.11 Å². The molecule has 0 spiro atoms. The van der Waals surface area contributed by atoms with Crippen LogP contribution in [0.1, 0.15) is 12.5 Å². The molecular formula is C16H16O3. The number of hydrogen-bond acceptors (Lipinski definition) is 3. The normalized spacial score (nSPS) is 11.6. The number of allylic oxidation sites excluding steroid dienone is 2. The topological polar surface area (TPSA) is 46.5 Å². The first-order valence-corrected chi connectivity index (χ1v) is 6.06. The molecule has 0 unspecified atom stereocenters. The molecule has 0 fully saturated rings. The zero-order valence-corrected chi connectivity index (χ0v) is 11.0. The smallest absolute Gasteiger partial charge is 0.165 e. The molecule has 3 heteroatoms. The second kappa shape index (κ2) is 5.57. The minimum absolute atomic E-state index is 0.152. The van der Waals surface area contributed by atoms with Gasteiger partial charge in [-0.1, -0.05) is 29.8 Å². The summed E-state index contributed by atoms with van der Waals surface area (Å²) < 4.78 is 5.20. The summed E-state index contributed by atoms with van der Waals surface area (Å²) in [4.78, 5) is 10.5. The largest absolute Gasteiger partial charge is 0.504 e. The van der Waals surface area contributed by atoms with Crippen molar-refractivity contribution in [3.63, 3.8) is 0 Å². The van der Waals surface area contributed by atoms with E-state index in [1.165, 1.54) is 7.11 Å². The molecule has 0 aliphatic heterocycles. The van der Waals surface area contributed by atoms with Crippen LogP contribution in [-0.4, -0.2) is 18.5 Å². The fourth-order valence-electron chi connectivity index (χ4n) is 2.18. The molecule has 3 nitrogen and oxygen atoms in total. The van der Waals surface area contributed by atoms with Crippen LogP contribution in [0.5, 0.6) is 11.5 Å². The van der Waals surface area contributed by atoms with Gasteiger partial charge in [-0.15, -0.1) is 0 Å². The fourth-order valence-corrected chi connectivity index (χ4v) is 2.18. The first-order chi connectivity index (χ1) is 9.17. The maximum absolute atomic E-state index is 10.5. The van der Waals surface area contributed by atoms with E-state index in [1.807, 2.05) is 37.3 Å². The van der Waals surface area contributed by atoms with Crippen LogP contribution in [-0.2, 0) is 11.2 Å². The number of carbonyl (C=O) groups excluding carboxylic acids is 1. The van der Waals surface area contributed by atoms with E-state index in [9.17, 15) is 9.90 Å². The summed E-state index contributed by atoms with van der Waals surface area (Å²) >= 11 is 0. The monoisotopic (exact) mass is 256 g/mol. The van der Waals surface area contributed by atoms with E-state index in [0.29, 0.717) is 12.2 Å². The van der Waals surface area contributed by atoms with Crippen LogP contribution in [0.15, 0.2) is 42.0 Å². The summed E-state index contributed by atoms with van der Waals surface area (Å²) in [5.74, 6) is 0.603. The van der Waals surface area contributed by atoms with Gasteiger partial charge in [0.2, 0.25) is 0 Å². The molecule has 19 heavy (non-hydrogen) atoms. The maximum Gasteiger partial charge on any atom is 0.165 e. The van der Waals surface area contributed by atoms with Crippen LogP contribution in [0.4, 0.5) is 0 Å². The van der Waals surface area contributed by atoms with E-state index < -0.39 is 0 Å². The molecule has 0 bridgehead atoms. The number of carbonyl (C=O) groups is 1. The van der Waals surface area contributed by atoms with Crippen molar-refractivity contribution in [2.24, 2.45) is 0 Å². The highest BCUT2D eigenvalue weighted by molar-refractivity contribution is 5.93. The SMILES string of the molecule is COc1cc(C/C(C)=C/C=O)c2ccccc2c1O. The zero-order chi connectivity index (χ0) is 13.8. The van der Waals surface area contributed by atoms with Gasteiger partial charge in [-0.2, -0.15) is 0 Å². The number of hydrogen-bond donors (Lipinski definition) is 1. The Morgan fingerprint density at radius 2 is 2.00 bits per heavy atom. The van der Waals surface area contributed by atoms with Crippen LogP contribution < -0.4 is 4.74 Å². The summed E-state index contributed by atoms with van der Waals surface area (Å²) in [6.45, 7) is 1.91. The lowest BCUT2D eigenvalue weighted by Gasteiger charge is -2.12. The minimum atomic E-state index is 0.152. The predicted octanol–water partition coefficient (Wildman–Crippen LogP) is 3.24. The van der Waals surface area contributed by atoms with Gasteiger partial charge in [-0.05, 0) is 36.4 Å². The number of phenols is 1. The summed E-state index contributed by atoms with van der Waals surface area (Å²) in [7, 11) is 1.53. The van der Waals surface area contributed by atoms with Gasteiger partial charge >= 0.3 is 0 Å². The molecule has 2 rings (SSSR count). The molecule has 0 aromatic heterocycles. The first-order valence-electron chi connectivity index (χ1n) is 6.06. The van der Waals surface area contributed by atoms with Crippen LogP contribution in [0.3, 0.4) is 0 Å². The zero-order valence-electron chi connectivity index (χ0n) is 11.0. The Kier molecular flexibility index (Phi) is 3.85. The van der Waals surface area contributed by atoms with E-state index in [4.69, 9.17) is 4.74 Å². The highest BCUT2D eigenvalue weighted by atomic mass is 16.5. The first kappa shape index (κ1) is 13.1. The molecule has 0 aliphatic carbocycles. The fraction of sp³-hybridized carbons (Fsp3) is 0.188. The molecule has 0 saturated heterocycles. The molecule has 0 saturated carbocycles. The second-order valence-electron chi connectivity index (χ2n) is 4.46. The summed E-state index contributed by atoms with van der Waals surface area (Å²) in [5.41, 5.74) is 1.99. The van der Waals surface area contributed by atoms with E-state index in [2.05, 4.69) is 0 Å². The Balaban J connectivity index is 2.62. The lowest BCUT2D eigenvalue weighted by atomic mass is 9.97. The van der Waals surface area contributed by atoms with Crippen molar-refractivity contribution in [3.05, 3.63) is 47.5 Å². The molecule has 2 aromatic carbocycles. The Morgan fingerprint density at radius 3 is 2.63 bits per heavy atom. The second-order valence-corrected chi connectivity index (χ2v) is 4.46. The van der Waals surface area contributed by atoms with Crippen molar-refractivity contribution in [3.8, 4) is 11.5 Å². The van der Waals surface area contributed by atoms with Crippen LogP contribution in [0, 0.1) is 0 Å². The minimum Gasteiger partial charge on any atom is -0.504 e. The number of benzene rings is 2. The molecule has 2 aromatic rings. The van der Waals surface area contributed by atoms with Gasteiger partial charge in [0.1, 0.15) is 6.29 Å². The molecule has 1 N–H and O–H groups in total. The van der Waals surface area contributed by atoms with E-state index in [-0.39, 0.29) is 5.75 Å². The lowest BCUT2D eigenvalue weighted by Crippen LogP contribution is -1.93. The molecule has 0 amide bonds. The Bertz CT molecular complexity index is 642. The molecule has 0 atom stereocenters. The summed E-state index contributed by atoms with van der Waals surface area (Å²) in [6, 6.07) is 9.43. The number of aromatic hydroxyl groups is 1. The maximum atomic E-state index is 10.5. The molecule has 0 heterocycles. The number of fused-ring (bicyclic) bond motifs is 1. The van der Waals surface area contributed by atoms with Gasteiger partial charge < -0.3 is 9.84 Å². The third-order valence-corrected chi connectivity index (χ3v) is 3.11. The predicted molar refractivity (Wildman–Crippen MR) is 75.7 cm³/mol. The summed E-state index contributed by atoms with van der Waals surface area (Å²) in [6.07, 6.45) is 2.99. The molecular weight excluding hydrogens is 240 g/mol. The van der Waals surface area contributed by atoms with Gasteiger partial charge in [0.25, 0.3) is 0 Å². The Labute approximate surface area is 112 Å². The Hall–Kier alpha value is -2.29. The highest BCUT2D eigenvalue weighted by Crippen LogP contribution is 2.37. The third-order valence-electron chi connectivity index (χ3n) is 3.11. The average Bonchev–Trinajstić information content (AvgIpc) is 2.42. The van der Waals surface area contributed by atoms with E-state index >= 15 is 0 Å². The molecule has 0 radical (unpaired) electrons. The standard InChI is InChI=1S/C16H16O3/c1-11(7-8-17)9-12-10-15(19-2)16(18)14-6-4-3-5-13(12)14/h3-8,10,18H,9H2,1-2H3/b11-7+. The van der Waals surface area contributed by atoms with Crippen molar-refractivity contribution in [2.75, 3.05) is 7.11 Å². The van der Waals surface area contributed by atoms with Crippen molar-refractivity contribution >= 4 is 17.1 Å². The van der Waals surface area contributed by atoms with Crippen molar-refractivity contribution in [1.82, 2.24) is 0 Å². The number of phenolic OH excluding ortho intramolecular Hbond substituents is 1. The Morgan fingerprint density at radius 1 is 1.32 bits per heavy atom. The van der Waals surface area contributed by atoms with Crippen LogP contribution in [0.2, 0.25) is 0 Å². The van der Waals surface area contributed by atoms with Gasteiger partial charge in [-0.3, -0.25) is 4.79 Å². The average molecular weight is 256 g/mol. The van der Waals surface area contributed by atoms with Crippen molar-refractivity contribution in [2.45, 2.75) is 13.3 Å². The van der Waals surface area contributed by atoms with Crippen LogP contribution >= 0.6 is 0 Å².